The molecular weight excluding hydrogens is 218 g/mol. The number of hydrogen-bond donors (Lipinski definition) is 2. The fraction of sp³-hybridized carbons (Fsp3) is 0.222. The van der Waals surface area contributed by atoms with E-state index in [0.717, 1.165) is 0 Å². The van der Waals surface area contributed by atoms with Crippen LogP contribution >= 0.6 is 0 Å². The first-order chi connectivity index (χ1) is 7.00. The van der Waals surface area contributed by atoms with Gasteiger partial charge in [-0.2, -0.15) is 0 Å². The summed E-state index contributed by atoms with van der Waals surface area (Å²) < 4.78 is 23.2. The fourth-order valence-corrected chi connectivity index (χ4v) is 2.86. The van der Waals surface area contributed by atoms with Crippen molar-refractivity contribution in [2.45, 2.75) is 4.90 Å². The molecule has 1 aromatic rings. The number of anilines is 1. The standard InChI is InChI=1S/C9H9NO4S/c11-9(12)6-1-2-7-8(5-6)15(13,14)4-3-10-7/h1-2,5,10H,3-4H2,(H,11,12). The average Bonchev–Trinajstić information content (AvgIpc) is 2.17. The van der Waals surface area contributed by atoms with Crippen LogP contribution in [0.15, 0.2) is 23.1 Å². The molecule has 6 heteroatoms. The second-order valence-electron chi connectivity index (χ2n) is 3.26. The van der Waals surface area contributed by atoms with E-state index in [4.69, 9.17) is 5.11 Å². The Balaban J connectivity index is 2.64. The molecule has 5 nitrogen and oxygen atoms in total. The summed E-state index contributed by atoms with van der Waals surface area (Å²) in [6.07, 6.45) is 0. The molecule has 0 spiro atoms. The summed E-state index contributed by atoms with van der Waals surface area (Å²) in [4.78, 5) is 10.8. The van der Waals surface area contributed by atoms with Crippen molar-refractivity contribution in [3.63, 3.8) is 0 Å². The van der Waals surface area contributed by atoms with Crippen LogP contribution in [0.2, 0.25) is 0 Å². The van der Waals surface area contributed by atoms with Crippen molar-refractivity contribution < 1.29 is 18.3 Å². The fourth-order valence-electron chi connectivity index (χ4n) is 1.49. The van der Waals surface area contributed by atoms with E-state index in [9.17, 15) is 13.2 Å². The van der Waals surface area contributed by atoms with Gasteiger partial charge in [0, 0.05) is 6.54 Å². The minimum absolute atomic E-state index is 0.00305. The molecule has 2 N–H and O–H groups in total. The van der Waals surface area contributed by atoms with Gasteiger partial charge in [0.05, 0.1) is 21.9 Å². The quantitative estimate of drug-likeness (QED) is 0.733. The molecule has 0 fully saturated rings. The lowest BCUT2D eigenvalue weighted by Gasteiger charge is -2.18. The third-order valence-corrected chi connectivity index (χ3v) is 4.00. The van der Waals surface area contributed by atoms with Crippen LogP contribution in [0.1, 0.15) is 10.4 Å². The van der Waals surface area contributed by atoms with Gasteiger partial charge in [-0.25, -0.2) is 13.2 Å². The first-order valence-electron chi connectivity index (χ1n) is 4.35. The molecule has 0 radical (unpaired) electrons. The monoisotopic (exact) mass is 227 g/mol. The number of nitrogens with one attached hydrogen (secondary N) is 1. The number of sulfone groups is 1. The van der Waals surface area contributed by atoms with E-state index < -0.39 is 15.8 Å². The highest BCUT2D eigenvalue weighted by atomic mass is 32.2. The Hall–Kier alpha value is -1.56. The summed E-state index contributed by atoms with van der Waals surface area (Å²) in [5.74, 6) is -1.12. The van der Waals surface area contributed by atoms with Crippen molar-refractivity contribution in [2.24, 2.45) is 0 Å². The maximum Gasteiger partial charge on any atom is 0.335 e. The largest absolute Gasteiger partial charge is 0.478 e. The lowest BCUT2D eigenvalue weighted by molar-refractivity contribution is 0.0696. The molecule has 0 aliphatic carbocycles. The van der Waals surface area contributed by atoms with Gasteiger partial charge in [-0.1, -0.05) is 0 Å². The molecule has 0 bridgehead atoms. The van der Waals surface area contributed by atoms with Crippen molar-refractivity contribution in [1.82, 2.24) is 0 Å². The number of benzene rings is 1. The average molecular weight is 227 g/mol. The molecular formula is C9H9NO4S. The van der Waals surface area contributed by atoms with Gasteiger partial charge in [0.25, 0.3) is 0 Å². The predicted molar refractivity (Wildman–Crippen MR) is 53.9 cm³/mol. The van der Waals surface area contributed by atoms with Gasteiger partial charge in [-0.3, -0.25) is 0 Å². The van der Waals surface area contributed by atoms with E-state index in [2.05, 4.69) is 5.32 Å². The van der Waals surface area contributed by atoms with E-state index in [0.29, 0.717) is 12.2 Å². The number of rotatable bonds is 1. The number of carboxylic acids is 1. The summed E-state index contributed by atoms with van der Waals surface area (Å²) in [5.41, 5.74) is 0.465. The van der Waals surface area contributed by atoms with E-state index in [1.807, 2.05) is 0 Å². The Kier molecular flexibility index (Phi) is 2.15. The second-order valence-corrected chi connectivity index (χ2v) is 5.34. The second kappa shape index (κ2) is 3.23. The molecule has 0 saturated carbocycles. The number of fused-ring (bicyclic) bond motifs is 1. The Morgan fingerprint density at radius 3 is 2.80 bits per heavy atom. The van der Waals surface area contributed by atoms with Crippen LogP contribution in [-0.4, -0.2) is 31.8 Å². The highest BCUT2D eigenvalue weighted by Gasteiger charge is 2.24. The summed E-state index contributed by atoms with van der Waals surface area (Å²) in [5, 5.41) is 11.7. The highest BCUT2D eigenvalue weighted by Crippen LogP contribution is 2.26. The molecule has 0 aromatic heterocycles. The molecule has 0 unspecified atom stereocenters. The van der Waals surface area contributed by atoms with Crippen molar-refractivity contribution in [2.75, 3.05) is 17.6 Å². The van der Waals surface area contributed by atoms with Crippen molar-refractivity contribution >= 4 is 21.5 Å². The minimum atomic E-state index is -3.32. The van der Waals surface area contributed by atoms with E-state index in [1.165, 1.54) is 18.2 Å². The summed E-state index contributed by atoms with van der Waals surface area (Å²) >= 11 is 0. The van der Waals surface area contributed by atoms with Crippen LogP contribution in [-0.2, 0) is 9.84 Å². The SMILES string of the molecule is O=C(O)c1ccc2c(c1)S(=O)(=O)CCN2. The maximum absolute atomic E-state index is 11.6. The van der Waals surface area contributed by atoms with Gasteiger partial charge >= 0.3 is 5.97 Å². The Labute approximate surface area is 86.7 Å². The summed E-state index contributed by atoms with van der Waals surface area (Å²) in [7, 11) is -3.32. The zero-order valence-electron chi connectivity index (χ0n) is 7.73. The van der Waals surface area contributed by atoms with Crippen LogP contribution in [0.3, 0.4) is 0 Å². The smallest absolute Gasteiger partial charge is 0.335 e. The maximum atomic E-state index is 11.6. The van der Waals surface area contributed by atoms with Crippen LogP contribution in [0, 0.1) is 0 Å². The number of carbonyl (C=O) groups is 1. The zero-order valence-corrected chi connectivity index (χ0v) is 8.54. The molecule has 15 heavy (non-hydrogen) atoms. The molecule has 2 rings (SSSR count). The molecule has 80 valence electrons. The number of aromatic carboxylic acids is 1. The molecule has 0 atom stereocenters. The lowest BCUT2D eigenvalue weighted by Crippen LogP contribution is -2.23. The van der Waals surface area contributed by atoms with Crippen LogP contribution in [0.5, 0.6) is 0 Å². The Morgan fingerprint density at radius 2 is 2.13 bits per heavy atom. The minimum Gasteiger partial charge on any atom is -0.478 e. The summed E-state index contributed by atoms with van der Waals surface area (Å²) in [6, 6.07) is 4.06. The molecule has 1 heterocycles. The van der Waals surface area contributed by atoms with Gasteiger partial charge in [-0.05, 0) is 18.2 Å². The van der Waals surface area contributed by atoms with Gasteiger partial charge in [-0.15, -0.1) is 0 Å². The third kappa shape index (κ3) is 1.68. The van der Waals surface area contributed by atoms with E-state index in [1.54, 1.807) is 0 Å². The van der Waals surface area contributed by atoms with Crippen molar-refractivity contribution in [1.29, 1.82) is 0 Å². The van der Waals surface area contributed by atoms with Gasteiger partial charge in [0.1, 0.15) is 0 Å². The van der Waals surface area contributed by atoms with Crippen molar-refractivity contribution in [3.8, 4) is 0 Å². The highest BCUT2D eigenvalue weighted by molar-refractivity contribution is 7.91. The Bertz CT molecular complexity index is 521. The van der Waals surface area contributed by atoms with Crippen LogP contribution in [0.4, 0.5) is 5.69 Å². The van der Waals surface area contributed by atoms with E-state index >= 15 is 0 Å². The lowest BCUT2D eigenvalue weighted by atomic mass is 10.2. The van der Waals surface area contributed by atoms with Gasteiger partial charge < -0.3 is 10.4 Å². The van der Waals surface area contributed by atoms with Crippen LogP contribution < -0.4 is 5.32 Å². The molecule has 1 aliphatic rings. The van der Waals surface area contributed by atoms with Crippen LogP contribution in [0.25, 0.3) is 0 Å². The third-order valence-electron chi connectivity index (χ3n) is 2.25. The normalized spacial score (nSPS) is 17.6. The molecule has 0 saturated heterocycles. The first-order valence-corrected chi connectivity index (χ1v) is 6.00. The molecule has 1 aromatic carbocycles. The topological polar surface area (TPSA) is 83.5 Å². The predicted octanol–water partition coefficient (Wildman–Crippen LogP) is 0.584. The summed E-state index contributed by atoms with van der Waals surface area (Å²) in [6.45, 7) is 0.363. The van der Waals surface area contributed by atoms with Gasteiger partial charge in [0.15, 0.2) is 9.84 Å². The number of carboxylic acid groups (broad SMARTS) is 1. The number of hydrogen-bond acceptors (Lipinski definition) is 4. The molecule has 1 aliphatic heterocycles. The zero-order chi connectivity index (χ0) is 11.1. The van der Waals surface area contributed by atoms with Crippen molar-refractivity contribution in [3.05, 3.63) is 23.8 Å². The Morgan fingerprint density at radius 1 is 1.40 bits per heavy atom. The molecule has 0 amide bonds. The van der Waals surface area contributed by atoms with Gasteiger partial charge in [0.2, 0.25) is 0 Å². The first kappa shape index (κ1) is 9.97. The van der Waals surface area contributed by atoms with E-state index in [-0.39, 0.29) is 16.2 Å².